The van der Waals surface area contributed by atoms with Crippen LogP contribution >= 0.6 is 0 Å². The van der Waals surface area contributed by atoms with Crippen LogP contribution in [0.2, 0.25) is 0 Å². The van der Waals surface area contributed by atoms with Gasteiger partial charge in [0.2, 0.25) is 10.0 Å². The van der Waals surface area contributed by atoms with Gasteiger partial charge in [0.15, 0.2) is 11.5 Å². The first-order valence-corrected chi connectivity index (χ1v) is 8.92. The zero-order valence-electron chi connectivity index (χ0n) is 13.3. The minimum atomic E-state index is -3.55. The molecule has 7 heteroatoms. The molecule has 6 nitrogen and oxygen atoms in total. The van der Waals surface area contributed by atoms with Gasteiger partial charge in [0.1, 0.15) is 0 Å². The summed E-state index contributed by atoms with van der Waals surface area (Å²) in [5.41, 5.74) is 0. The number of rotatable bonds is 7. The first-order chi connectivity index (χ1) is 10.5. The molecule has 1 aromatic carbocycles. The van der Waals surface area contributed by atoms with Crippen LogP contribution in [0.15, 0.2) is 23.1 Å². The fourth-order valence-electron chi connectivity index (χ4n) is 2.61. The van der Waals surface area contributed by atoms with Gasteiger partial charge in [0.05, 0.1) is 19.1 Å². The molecule has 124 valence electrons. The van der Waals surface area contributed by atoms with E-state index in [-0.39, 0.29) is 10.9 Å². The van der Waals surface area contributed by atoms with Gasteiger partial charge in [0, 0.05) is 18.7 Å². The van der Waals surface area contributed by atoms with E-state index in [1.165, 1.54) is 39.2 Å². The molecule has 1 aliphatic rings. The summed E-state index contributed by atoms with van der Waals surface area (Å²) >= 11 is 0. The molecule has 1 saturated heterocycles. The second-order valence-electron chi connectivity index (χ2n) is 5.46. The lowest BCUT2D eigenvalue weighted by Gasteiger charge is -2.23. The molecule has 0 aliphatic carbocycles. The molecular weight excluding hydrogens is 304 g/mol. The molecule has 0 aromatic heterocycles. The molecule has 0 bridgehead atoms. The van der Waals surface area contributed by atoms with Gasteiger partial charge in [-0.3, -0.25) is 4.90 Å². The zero-order chi connectivity index (χ0) is 16.2. The predicted molar refractivity (Wildman–Crippen MR) is 85.0 cm³/mol. The topological polar surface area (TPSA) is 67.9 Å². The van der Waals surface area contributed by atoms with Gasteiger partial charge in [-0.1, -0.05) is 0 Å². The Labute approximate surface area is 132 Å². The van der Waals surface area contributed by atoms with Crippen molar-refractivity contribution in [3.8, 4) is 11.5 Å². The number of nitrogens with one attached hydrogen (secondary N) is 1. The van der Waals surface area contributed by atoms with E-state index in [1.807, 2.05) is 6.92 Å². The summed E-state index contributed by atoms with van der Waals surface area (Å²) in [5.74, 6) is 0.907. The Bertz CT molecular complexity index is 598. The highest BCUT2D eigenvalue weighted by Crippen LogP contribution is 2.29. The highest BCUT2D eigenvalue weighted by molar-refractivity contribution is 7.89. The largest absolute Gasteiger partial charge is 0.493 e. The van der Waals surface area contributed by atoms with Crippen molar-refractivity contribution in [3.63, 3.8) is 0 Å². The van der Waals surface area contributed by atoms with Crippen LogP contribution in [0.4, 0.5) is 0 Å². The molecule has 2 rings (SSSR count). The summed E-state index contributed by atoms with van der Waals surface area (Å²) in [5, 5.41) is 0. The minimum absolute atomic E-state index is 0.179. The lowest BCUT2D eigenvalue weighted by Crippen LogP contribution is -2.40. The third-order valence-corrected chi connectivity index (χ3v) is 5.42. The number of ether oxygens (including phenoxy) is 2. The average Bonchev–Trinajstić information content (AvgIpc) is 3.06. The Hall–Kier alpha value is -1.31. The van der Waals surface area contributed by atoms with E-state index < -0.39 is 10.0 Å². The predicted octanol–water partition coefficient (Wildman–Crippen LogP) is 1.47. The third kappa shape index (κ3) is 3.91. The highest BCUT2D eigenvalue weighted by atomic mass is 32.2. The van der Waals surface area contributed by atoms with Crippen LogP contribution in [-0.4, -0.2) is 53.2 Å². The number of likely N-dealkylation sites (tertiary alicyclic amines) is 1. The Morgan fingerprint density at radius 3 is 2.41 bits per heavy atom. The SMILES string of the molecule is COc1ccc(S(=O)(=O)NC[C@H](C)N2CCCC2)cc1OC. The van der Waals surface area contributed by atoms with Crippen LogP contribution in [0.1, 0.15) is 19.8 Å². The first kappa shape index (κ1) is 17.1. The number of hydrogen-bond donors (Lipinski definition) is 1. The maximum atomic E-state index is 12.4. The number of benzene rings is 1. The molecule has 0 amide bonds. The smallest absolute Gasteiger partial charge is 0.240 e. The zero-order valence-corrected chi connectivity index (χ0v) is 14.1. The summed E-state index contributed by atoms with van der Waals surface area (Å²) in [7, 11) is -0.556. The van der Waals surface area contributed by atoms with E-state index in [0.29, 0.717) is 18.0 Å². The van der Waals surface area contributed by atoms with E-state index in [4.69, 9.17) is 9.47 Å². The molecular formula is C15H24N2O4S. The monoisotopic (exact) mass is 328 g/mol. The molecule has 0 saturated carbocycles. The standard InChI is InChI=1S/C15H24N2O4S/c1-12(17-8-4-5-9-17)11-16-22(18,19)13-6-7-14(20-2)15(10-13)21-3/h6-7,10,12,16H,4-5,8-9,11H2,1-3H3/t12-/m0/s1. The van der Waals surface area contributed by atoms with E-state index in [0.717, 1.165) is 13.1 Å². The number of methoxy groups -OCH3 is 2. The summed E-state index contributed by atoms with van der Waals surface area (Å²) < 4.78 is 37.7. The Morgan fingerprint density at radius 2 is 1.82 bits per heavy atom. The van der Waals surface area contributed by atoms with Crippen molar-refractivity contribution in [2.45, 2.75) is 30.7 Å². The normalized spacial score (nSPS) is 17.4. The lowest BCUT2D eigenvalue weighted by atomic mass is 10.3. The van der Waals surface area contributed by atoms with Crippen LogP contribution in [0.25, 0.3) is 0 Å². The molecule has 1 heterocycles. The molecule has 1 fully saturated rings. The van der Waals surface area contributed by atoms with Crippen molar-refractivity contribution in [3.05, 3.63) is 18.2 Å². The van der Waals surface area contributed by atoms with Crippen molar-refractivity contribution in [2.75, 3.05) is 33.9 Å². The minimum Gasteiger partial charge on any atom is -0.493 e. The van der Waals surface area contributed by atoms with Gasteiger partial charge in [-0.05, 0) is 45.0 Å². The van der Waals surface area contributed by atoms with Crippen molar-refractivity contribution in [2.24, 2.45) is 0 Å². The molecule has 1 N–H and O–H groups in total. The molecule has 1 atom stereocenters. The van der Waals surface area contributed by atoms with Crippen LogP contribution < -0.4 is 14.2 Å². The molecule has 1 aliphatic heterocycles. The van der Waals surface area contributed by atoms with Gasteiger partial charge in [-0.2, -0.15) is 0 Å². The molecule has 0 radical (unpaired) electrons. The van der Waals surface area contributed by atoms with Crippen molar-refractivity contribution in [1.29, 1.82) is 0 Å². The summed E-state index contributed by atoms with van der Waals surface area (Å²) in [4.78, 5) is 2.48. The van der Waals surface area contributed by atoms with Crippen LogP contribution in [-0.2, 0) is 10.0 Å². The van der Waals surface area contributed by atoms with Crippen LogP contribution in [0.3, 0.4) is 0 Å². The summed E-state index contributed by atoms with van der Waals surface area (Å²) in [6.07, 6.45) is 2.37. The van der Waals surface area contributed by atoms with Crippen molar-refractivity contribution in [1.82, 2.24) is 9.62 Å². The van der Waals surface area contributed by atoms with E-state index in [9.17, 15) is 8.42 Å². The molecule has 0 unspecified atom stereocenters. The second-order valence-corrected chi connectivity index (χ2v) is 7.23. The maximum Gasteiger partial charge on any atom is 0.240 e. The number of nitrogens with zero attached hydrogens (tertiary/aromatic N) is 1. The first-order valence-electron chi connectivity index (χ1n) is 7.43. The van der Waals surface area contributed by atoms with Gasteiger partial charge < -0.3 is 9.47 Å². The number of sulfonamides is 1. The van der Waals surface area contributed by atoms with E-state index in [2.05, 4.69) is 9.62 Å². The van der Waals surface area contributed by atoms with E-state index >= 15 is 0 Å². The van der Waals surface area contributed by atoms with Crippen LogP contribution in [0, 0.1) is 0 Å². The van der Waals surface area contributed by atoms with Crippen molar-refractivity contribution < 1.29 is 17.9 Å². The summed E-state index contributed by atoms with van der Waals surface area (Å²) in [6, 6.07) is 4.78. The summed E-state index contributed by atoms with van der Waals surface area (Å²) in [6.45, 7) is 4.53. The Kier molecular flexibility index (Phi) is 5.66. The van der Waals surface area contributed by atoms with E-state index in [1.54, 1.807) is 6.07 Å². The highest BCUT2D eigenvalue weighted by Gasteiger charge is 2.22. The van der Waals surface area contributed by atoms with Gasteiger partial charge >= 0.3 is 0 Å². The second kappa shape index (κ2) is 7.30. The molecule has 1 aromatic rings. The van der Waals surface area contributed by atoms with Crippen LogP contribution in [0.5, 0.6) is 11.5 Å². The third-order valence-electron chi connectivity index (χ3n) is 4.00. The van der Waals surface area contributed by atoms with Gasteiger partial charge in [-0.15, -0.1) is 0 Å². The maximum absolute atomic E-state index is 12.4. The number of hydrogen-bond acceptors (Lipinski definition) is 5. The lowest BCUT2D eigenvalue weighted by molar-refractivity contribution is 0.260. The average molecular weight is 328 g/mol. The Morgan fingerprint density at radius 1 is 1.18 bits per heavy atom. The van der Waals surface area contributed by atoms with Crippen molar-refractivity contribution >= 4 is 10.0 Å². The quantitative estimate of drug-likeness (QED) is 0.821. The fraction of sp³-hybridized carbons (Fsp3) is 0.600. The molecule has 22 heavy (non-hydrogen) atoms. The fourth-order valence-corrected chi connectivity index (χ4v) is 3.75. The Balaban J connectivity index is 2.06. The molecule has 0 spiro atoms. The van der Waals surface area contributed by atoms with Gasteiger partial charge in [0.25, 0.3) is 0 Å². The van der Waals surface area contributed by atoms with Gasteiger partial charge in [-0.25, -0.2) is 13.1 Å².